The van der Waals surface area contributed by atoms with Gasteiger partial charge in [0.2, 0.25) is 6.29 Å². The zero-order valence-corrected chi connectivity index (χ0v) is 26.8. The van der Waals surface area contributed by atoms with Crippen molar-refractivity contribution >= 4 is 17.8 Å². The van der Waals surface area contributed by atoms with Gasteiger partial charge < -0.3 is 24.6 Å². The Bertz CT molecular complexity index is 1120. The van der Waals surface area contributed by atoms with E-state index in [2.05, 4.69) is 73.0 Å². The van der Waals surface area contributed by atoms with Crippen molar-refractivity contribution in [1.82, 2.24) is 5.32 Å². The number of allylic oxidation sites excluding steroid dienone is 10. The van der Waals surface area contributed by atoms with Crippen LogP contribution in [-0.2, 0) is 19.1 Å². The molecular weight excluding hydrogens is 558 g/mol. The summed E-state index contributed by atoms with van der Waals surface area (Å²) in [5, 5.41) is 12.0. The normalized spacial score (nSPS) is 13.6. The molecule has 2 N–H and O–H groups in total. The zero-order valence-electron chi connectivity index (χ0n) is 26.8. The number of hydrogen-bond donors (Lipinski definition) is 2. The molecule has 0 aliphatic rings. The van der Waals surface area contributed by atoms with Crippen molar-refractivity contribution < 1.29 is 33.7 Å². The first-order chi connectivity index (χ1) is 21.3. The highest BCUT2D eigenvalue weighted by molar-refractivity contribution is 5.93. The molecular formula is C36H51NO7. The standard InChI is InChI=1S/C36H51NO7/c1-5-6-7-8-9-10-11-12-13-14-15-16-17-18-19-20-21-24-27-43-36(42-4)33(38)37-31(28-29(2)3)35(41)44-32-26-23-22-25-30(32)34(39)40/h6-7,9-10,12-13,15-16,18-19,22-23,25-26,29,31,36H,5,8,11,14,17,20-21,24,27-28H2,1-4H3,(H,37,38)(H,39,40). The molecule has 1 aromatic carbocycles. The molecule has 0 radical (unpaired) electrons. The Morgan fingerprint density at radius 1 is 0.841 bits per heavy atom. The molecule has 8 nitrogen and oxygen atoms in total. The number of rotatable bonds is 23. The quantitative estimate of drug-likeness (QED) is 0.0429. The van der Waals surface area contributed by atoms with Crippen molar-refractivity contribution in [2.75, 3.05) is 13.7 Å². The highest BCUT2D eigenvalue weighted by Crippen LogP contribution is 2.19. The summed E-state index contributed by atoms with van der Waals surface area (Å²) >= 11 is 0. The van der Waals surface area contributed by atoms with Gasteiger partial charge in [-0.1, -0.05) is 93.7 Å². The summed E-state index contributed by atoms with van der Waals surface area (Å²) in [5.74, 6) is -2.60. The molecule has 8 heteroatoms. The summed E-state index contributed by atoms with van der Waals surface area (Å²) in [7, 11) is 1.36. The Morgan fingerprint density at radius 2 is 1.41 bits per heavy atom. The largest absolute Gasteiger partial charge is 0.478 e. The SMILES string of the molecule is CCC=CCC=CCC=CCC=CCC=CCCCCOC(OC)C(=O)NC(CC(C)C)C(=O)Oc1ccccc1C(=O)O. The van der Waals surface area contributed by atoms with E-state index >= 15 is 0 Å². The molecule has 0 bridgehead atoms. The van der Waals surface area contributed by atoms with Gasteiger partial charge in [-0.15, -0.1) is 0 Å². The second-order valence-electron chi connectivity index (χ2n) is 10.6. The number of hydrogen-bond acceptors (Lipinski definition) is 6. The van der Waals surface area contributed by atoms with Crippen LogP contribution in [0.5, 0.6) is 5.75 Å². The van der Waals surface area contributed by atoms with Crippen molar-refractivity contribution in [1.29, 1.82) is 0 Å². The fourth-order valence-corrected chi connectivity index (χ4v) is 4.01. The number of methoxy groups -OCH3 is 1. The smallest absolute Gasteiger partial charge is 0.339 e. The average molecular weight is 610 g/mol. The number of unbranched alkanes of at least 4 members (excludes halogenated alkanes) is 2. The number of nitrogens with one attached hydrogen (secondary N) is 1. The van der Waals surface area contributed by atoms with E-state index in [-0.39, 0.29) is 17.2 Å². The van der Waals surface area contributed by atoms with Gasteiger partial charge in [0.25, 0.3) is 5.91 Å². The number of carbonyl (C=O) groups excluding carboxylic acids is 2. The van der Waals surface area contributed by atoms with Gasteiger partial charge in [0.05, 0.1) is 6.61 Å². The number of carboxylic acids is 1. The van der Waals surface area contributed by atoms with Crippen LogP contribution in [0.2, 0.25) is 0 Å². The first-order valence-corrected chi connectivity index (χ1v) is 15.5. The number of carbonyl (C=O) groups is 3. The molecule has 44 heavy (non-hydrogen) atoms. The zero-order chi connectivity index (χ0) is 32.4. The summed E-state index contributed by atoms with van der Waals surface area (Å²) < 4.78 is 16.2. The monoisotopic (exact) mass is 609 g/mol. The van der Waals surface area contributed by atoms with Crippen molar-refractivity contribution in [3.63, 3.8) is 0 Å². The van der Waals surface area contributed by atoms with E-state index < -0.39 is 30.2 Å². The molecule has 242 valence electrons. The van der Waals surface area contributed by atoms with E-state index in [1.54, 1.807) is 6.07 Å². The van der Waals surface area contributed by atoms with Crippen LogP contribution in [-0.4, -0.2) is 49.0 Å². The maximum absolute atomic E-state index is 12.9. The first-order valence-electron chi connectivity index (χ1n) is 15.5. The minimum absolute atomic E-state index is 0.0560. The topological polar surface area (TPSA) is 111 Å². The van der Waals surface area contributed by atoms with Gasteiger partial charge in [0, 0.05) is 7.11 Å². The number of amides is 1. The molecule has 1 aromatic rings. The van der Waals surface area contributed by atoms with Crippen LogP contribution in [0, 0.1) is 5.92 Å². The molecule has 0 spiro atoms. The van der Waals surface area contributed by atoms with E-state index in [9.17, 15) is 19.5 Å². The van der Waals surface area contributed by atoms with Gasteiger partial charge in [-0.3, -0.25) is 4.79 Å². The minimum Gasteiger partial charge on any atom is -0.478 e. The van der Waals surface area contributed by atoms with Gasteiger partial charge in [0.15, 0.2) is 0 Å². The van der Waals surface area contributed by atoms with Crippen LogP contribution in [0.3, 0.4) is 0 Å². The number of aromatic carboxylic acids is 1. The Balaban J connectivity index is 2.35. The van der Waals surface area contributed by atoms with E-state index in [0.717, 1.165) is 51.4 Å². The lowest BCUT2D eigenvalue weighted by molar-refractivity contribution is -0.167. The highest BCUT2D eigenvalue weighted by Gasteiger charge is 2.29. The number of ether oxygens (including phenoxy) is 3. The van der Waals surface area contributed by atoms with Crippen molar-refractivity contribution in [2.24, 2.45) is 5.92 Å². The van der Waals surface area contributed by atoms with Crippen molar-refractivity contribution in [3.8, 4) is 5.75 Å². The second kappa shape index (κ2) is 24.7. The highest BCUT2D eigenvalue weighted by atomic mass is 16.7. The summed E-state index contributed by atoms with van der Waals surface area (Å²) in [6.45, 7) is 6.26. The number of carboxylic acid groups (broad SMARTS) is 1. The van der Waals surface area contributed by atoms with Crippen LogP contribution in [0.15, 0.2) is 85.0 Å². The molecule has 0 aliphatic heterocycles. The van der Waals surface area contributed by atoms with Gasteiger partial charge in [-0.05, 0) is 75.8 Å². The van der Waals surface area contributed by atoms with E-state index in [0.29, 0.717) is 13.0 Å². The molecule has 0 aromatic heterocycles. The third kappa shape index (κ3) is 18.0. The molecule has 2 atom stereocenters. The fourth-order valence-electron chi connectivity index (χ4n) is 4.01. The van der Waals surface area contributed by atoms with Crippen LogP contribution < -0.4 is 10.1 Å². The van der Waals surface area contributed by atoms with Crippen molar-refractivity contribution in [3.05, 3.63) is 90.6 Å². The second-order valence-corrected chi connectivity index (χ2v) is 10.6. The Morgan fingerprint density at radius 3 is 1.95 bits per heavy atom. The predicted molar refractivity (Wildman–Crippen MR) is 175 cm³/mol. The predicted octanol–water partition coefficient (Wildman–Crippen LogP) is 7.73. The fraction of sp³-hybridized carbons (Fsp3) is 0.472. The summed E-state index contributed by atoms with van der Waals surface area (Å²) in [6.07, 6.45) is 28.2. The van der Waals surface area contributed by atoms with Gasteiger partial charge in [-0.2, -0.15) is 0 Å². The Labute approximate surface area is 263 Å². The molecule has 0 saturated carbocycles. The maximum Gasteiger partial charge on any atom is 0.339 e. The number of benzene rings is 1. The number of esters is 1. The third-order valence-electron chi connectivity index (χ3n) is 6.26. The van der Waals surface area contributed by atoms with E-state index in [1.165, 1.54) is 25.3 Å². The Hall–Kier alpha value is -3.75. The van der Waals surface area contributed by atoms with Crippen LogP contribution >= 0.6 is 0 Å². The molecule has 2 unspecified atom stereocenters. The van der Waals surface area contributed by atoms with Crippen LogP contribution in [0.25, 0.3) is 0 Å². The maximum atomic E-state index is 12.9. The lowest BCUT2D eigenvalue weighted by atomic mass is 10.0. The molecule has 0 heterocycles. The van der Waals surface area contributed by atoms with Crippen LogP contribution in [0.4, 0.5) is 0 Å². The van der Waals surface area contributed by atoms with Crippen molar-refractivity contribution in [2.45, 2.75) is 90.9 Å². The third-order valence-corrected chi connectivity index (χ3v) is 6.26. The van der Waals surface area contributed by atoms with Gasteiger partial charge in [-0.25, -0.2) is 9.59 Å². The number of para-hydroxylation sites is 1. The van der Waals surface area contributed by atoms with Gasteiger partial charge >= 0.3 is 11.9 Å². The molecule has 1 rings (SSSR count). The minimum atomic E-state index is -1.22. The van der Waals surface area contributed by atoms with E-state index in [4.69, 9.17) is 14.2 Å². The Kier molecular flexibility index (Phi) is 21.5. The molecule has 0 fully saturated rings. The first kappa shape index (κ1) is 38.3. The molecule has 1 amide bonds. The summed E-state index contributed by atoms with van der Waals surface area (Å²) in [4.78, 5) is 37.2. The molecule has 0 saturated heterocycles. The summed E-state index contributed by atoms with van der Waals surface area (Å²) in [5.41, 5.74) is -0.141. The lowest BCUT2D eigenvalue weighted by Crippen LogP contribution is -2.48. The van der Waals surface area contributed by atoms with Gasteiger partial charge in [0.1, 0.15) is 17.4 Å². The summed E-state index contributed by atoms with van der Waals surface area (Å²) in [6, 6.07) is 4.86. The van der Waals surface area contributed by atoms with E-state index in [1.807, 2.05) is 13.8 Å². The van der Waals surface area contributed by atoms with Crippen LogP contribution in [0.1, 0.15) is 88.9 Å². The average Bonchev–Trinajstić information content (AvgIpc) is 2.99. The lowest BCUT2D eigenvalue weighted by Gasteiger charge is -2.22. The molecule has 0 aliphatic carbocycles.